The van der Waals surface area contributed by atoms with Gasteiger partial charge in [-0.2, -0.15) is 15.0 Å². The molecule has 3 heterocycles. The van der Waals surface area contributed by atoms with Crippen molar-refractivity contribution in [1.82, 2.24) is 24.5 Å². The topological polar surface area (TPSA) is 116 Å². The Morgan fingerprint density at radius 3 is 2.95 bits per heavy atom. The Labute approximate surface area is 115 Å². The van der Waals surface area contributed by atoms with E-state index in [4.69, 9.17) is 10.6 Å². The Balaban J connectivity index is 1.77. The van der Waals surface area contributed by atoms with Gasteiger partial charge in [0.25, 0.3) is 0 Å². The van der Waals surface area contributed by atoms with E-state index in [9.17, 15) is 0 Å². The summed E-state index contributed by atoms with van der Waals surface area (Å²) in [4.78, 5) is 16.7. The Morgan fingerprint density at radius 2 is 2.25 bits per heavy atom. The van der Waals surface area contributed by atoms with Crippen molar-refractivity contribution in [2.75, 3.05) is 30.5 Å². The van der Waals surface area contributed by atoms with Crippen molar-refractivity contribution in [2.24, 2.45) is 11.8 Å². The number of rotatable bonds is 5. The van der Waals surface area contributed by atoms with Crippen LogP contribution in [0.4, 0.5) is 11.9 Å². The van der Waals surface area contributed by atoms with Crippen molar-refractivity contribution in [1.29, 1.82) is 0 Å². The lowest BCUT2D eigenvalue weighted by Gasteiger charge is -2.11. The molecule has 1 aliphatic heterocycles. The van der Waals surface area contributed by atoms with Crippen molar-refractivity contribution in [3.8, 4) is 5.95 Å². The fourth-order valence-corrected chi connectivity index (χ4v) is 1.98. The molecule has 20 heavy (non-hydrogen) atoms. The van der Waals surface area contributed by atoms with Gasteiger partial charge in [0.05, 0.1) is 6.61 Å². The number of anilines is 2. The molecule has 0 radical (unpaired) electrons. The van der Waals surface area contributed by atoms with Crippen LogP contribution in [0.5, 0.6) is 0 Å². The van der Waals surface area contributed by atoms with E-state index < -0.39 is 0 Å². The van der Waals surface area contributed by atoms with Crippen molar-refractivity contribution < 1.29 is 4.74 Å². The number of nitrogens with two attached hydrogens (primary N) is 1. The van der Waals surface area contributed by atoms with Crippen LogP contribution in [0, 0.1) is 5.92 Å². The first-order valence-corrected chi connectivity index (χ1v) is 6.38. The molecule has 2 aromatic heterocycles. The highest BCUT2D eigenvalue weighted by atomic mass is 16.5. The summed E-state index contributed by atoms with van der Waals surface area (Å²) in [5, 5.41) is 3.19. The summed E-state index contributed by atoms with van der Waals surface area (Å²) in [6.45, 7) is 2.35. The highest BCUT2D eigenvalue weighted by Crippen LogP contribution is 2.14. The maximum atomic E-state index is 5.38. The van der Waals surface area contributed by atoms with Crippen LogP contribution in [0.1, 0.15) is 6.42 Å². The minimum Gasteiger partial charge on any atom is -0.381 e. The van der Waals surface area contributed by atoms with E-state index in [2.05, 4.69) is 30.7 Å². The van der Waals surface area contributed by atoms with Crippen molar-refractivity contribution in [3.63, 3.8) is 0 Å². The zero-order chi connectivity index (χ0) is 13.8. The molecule has 0 spiro atoms. The molecule has 1 unspecified atom stereocenters. The van der Waals surface area contributed by atoms with Gasteiger partial charge in [0.15, 0.2) is 0 Å². The van der Waals surface area contributed by atoms with Gasteiger partial charge in [0, 0.05) is 31.5 Å². The summed E-state index contributed by atoms with van der Waals surface area (Å²) in [5.41, 5.74) is 2.44. The van der Waals surface area contributed by atoms with Crippen LogP contribution >= 0.6 is 0 Å². The van der Waals surface area contributed by atoms with Crippen LogP contribution in [0.25, 0.3) is 5.95 Å². The molecule has 9 heteroatoms. The number of nitrogens with one attached hydrogen (secondary N) is 2. The third-order valence-corrected chi connectivity index (χ3v) is 3.06. The van der Waals surface area contributed by atoms with Crippen LogP contribution in [0.2, 0.25) is 0 Å². The lowest BCUT2D eigenvalue weighted by atomic mass is 10.1. The third-order valence-electron chi connectivity index (χ3n) is 3.06. The molecule has 1 saturated heterocycles. The quantitative estimate of drug-likeness (QED) is 0.507. The highest BCUT2D eigenvalue weighted by Gasteiger charge is 2.16. The first-order chi connectivity index (χ1) is 9.85. The zero-order valence-electron chi connectivity index (χ0n) is 10.9. The van der Waals surface area contributed by atoms with E-state index in [1.807, 2.05) is 0 Å². The van der Waals surface area contributed by atoms with E-state index in [1.165, 1.54) is 0 Å². The largest absolute Gasteiger partial charge is 0.381 e. The first kappa shape index (κ1) is 12.8. The van der Waals surface area contributed by atoms with Gasteiger partial charge >= 0.3 is 0 Å². The lowest BCUT2D eigenvalue weighted by molar-refractivity contribution is 0.187. The number of nitrogens with zero attached hydrogens (tertiary/aromatic N) is 5. The van der Waals surface area contributed by atoms with Gasteiger partial charge in [-0.05, 0) is 6.42 Å². The van der Waals surface area contributed by atoms with Gasteiger partial charge in [-0.3, -0.25) is 9.99 Å². The average Bonchev–Trinajstić information content (AvgIpc) is 3.17. The Hall–Kier alpha value is -2.26. The molecule has 0 bridgehead atoms. The molecule has 2 aromatic rings. The second-order valence-corrected chi connectivity index (χ2v) is 4.51. The third kappa shape index (κ3) is 2.83. The summed E-state index contributed by atoms with van der Waals surface area (Å²) < 4.78 is 7.02. The molecule has 3 rings (SSSR count). The van der Waals surface area contributed by atoms with Gasteiger partial charge in [0.2, 0.25) is 17.8 Å². The van der Waals surface area contributed by atoms with Crippen molar-refractivity contribution in [3.05, 3.63) is 18.7 Å². The molecular formula is C11H16N8O. The number of nitrogen functional groups attached to an aromatic ring is 1. The SMILES string of the molecule is NNc1nc(NCC2CCOC2)nc(-n2ccnc2)n1. The van der Waals surface area contributed by atoms with Crippen LogP contribution in [0.3, 0.4) is 0 Å². The van der Waals surface area contributed by atoms with Crippen molar-refractivity contribution in [2.45, 2.75) is 6.42 Å². The lowest BCUT2D eigenvalue weighted by Crippen LogP contribution is -2.19. The molecule has 0 amide bonds. The molecule has 0 aliphatic carbocycles. The summed E-state index contributed by atoms with van der Waals surface area (Å²) in [6, 6.07) is 0. The molecule has 1 aliphatic rings. The minimum atomic E-state index is 0.300. The molecule has 9 nitrogen and oxygen atoms in total. The maximum absolute atomic E-state index is 5.38. The number of hydrazine groups is 1. The van der Waals surface area contributed by atoms with Crippen LogP contribution in [-0.2, 0) is 4.74 Å². The van der Waals surface area contributed by atoms with Gasteiger partial charge in [-0.15, -0.1) is 0 Å². The van der Waals surface area contributed by atoms with Gasteiger partial charge in [0.1, 0.15) is 6.33 Å². The van der Waals surface area contributed by atoms with E-state index in [-0.39, 0.29) is 0 Å². The van der Waals surface area contributed by atoms with Crippen LogP contribution in [-0.4, -0.2) is 44.3 Å². The predicted octanol–water partition coefficient (Wildman–Crippen LogP) is -0.209. The monoisotopic (exact) mass is 276 g/mol. The number of hydrogen-bond acceptors (Lipinski definition) is 8. The fourth-order valence-electron chi connectivity index (χ4n) is 1.98. The second-order valence-electron chi connectivity index (χ2n) is 4.51. The summed E-state index contributed by atoms with van der Waals surface area (Å²) in [5.74, 6) is 7.10. The summed E-state index contributed by atoms with van der Waals surface area (Å²) in [6.07, 6.45) is 6.07. The predicted molar refractivity (Wildman–Crippen MR) is 72.2 cm³/mol. The first-order valence-electron chi connectivity index (χ1n) is 6.38. The number of aromatic nitrogens is 5. The molecule has 1 atom stereocenters. The number of hydrogen-bond donors (Lipinski definition) is 3. The van der Waals surface area contributed by atoms with E-state index in [1.54, 1.807) is 23.3 Å². The van der Waals surface area contributed by atoms with E-state index in [0.29, 0.717) is 23.8 Å². The normalized spacial score (nSPS) is 18.1. The standard InChI is InChI=1S/C11H16N8O/c12-18-10-15-9(14-5-8-1-4-20-6-8)16-11(17-10)19-3-2-13-7-19/h2-3,7-8H,1,4-6,12H2,(H2,14,15,16,17,18). The molecule has 0 aromatic carbocycles. The Bertz CT molecular complexity index is 552. The van der Waals surface area contributed by atoms with E-state index in [0.717, 1.165) is 26.2 Å². The minimum absolute atomic E-state index is 0.300. The Kier molecular flexibility index (Phi) is 3.70. The molecule has 106 valence electrons. The molecular weight excluding hydrogens is 260 g/mol. The fraction of sp³-hybridized carbons (Fsp3) is 0.455. The van der Waals surface area contributed by atoms with E-state index >= 15 is 0 Å². The molecule has 4 N–H and O–H groups in total. The highest BCUT2D eigenvalue weighted by molar-refractivity contribution is 5.37. The zero-order valence-corrected chi connectivity index (χ0v) is 10.9. The van der Waals surface area contributed by atoms with Gasteiger partial charge in [-0.25, -0.2) is 10.8 Å². The van der Waals surface area contributed by atoms with Gasteiger partial charge < -0.3 is 10.1 Å². The Morgan fingerprint density at radius 1 is 1.35 bits per heavy atom. The molecule has 0 saturated carbocycles. The van der Waals surface area contributed by atoms with Crippen LogP contribution in [0.15, 0.2) is 18.7 Å². The van der Waals surface area contributed by atoms with Gasteiger partial charge in [-0.1, -0.05) is 0 Å². The molecule has 1 fully saturated rings. The number of imidazole rings is 1. The average molecular weight is 276 g/mol. The van der Waals surface area contributed by atoms with Crippen LogP contribution < -0.4 is 16.6 Å². The maximum Gasteiger partial charge on any atom is 0.243 e. The number of ether oxygens (including phenoxy) is 1. The smallest absolute Gasteiger partial charge is 0.243 e. The second kappa shape index (κ2) is 5.80. The van der Waals surface area contributed by atoms with Crippen molar-refractivity contribution >= 4 is 11.9 Å². The summed E-state index contributed by atoms with van der Waals surface area (Å²) >= 11 is 0. The summed E-state index contributed by atoms with van der Waals surface area (Å²) in [7, 11) is 0.